The van der Waals surface area contributed by atoms with Crippen LogP contribution in [0.5, 0.6) is 0 Å². The second-order valence-corrected chi connectivity index (χ2v) is 4.18. The Balaban J connectivity index is 2.06. The summed E-state index contributed by atoms with van der Waals surface area (Å²) < 4.78 is 0. The molecule has 1 saturated carbocycles. The zero-order valence-electron chi connectivity index (χ0n) is 8.74. The highest BCUT2D eigenvalue weighted by molar-refractivity contribution is 5.39. The smallest absolute Gasteiger partial charge is 0.105 e. The average Bonchev–Trinajstić information content (AvgIpc) is 2.70. The summed E-state index contributed by atoms with van der Waals surface area (Å²) in [6, 6.07) is 4.96. The molecule has 14 heavy (non-hydrogen) atoms. The van der Waals surface area contributed by atoms with E-state index in [4.69, 9.17) is 5.73 Å². The molecule has 2 rings (SSSR count). The maximum absolute atomic E-state index is 6.13. The molecule has 78 valence electrons. The van der Waals surface area contributed by atoms with Crippen molar-refractivity contribution in [3.63, 3.8) is 0 Å². The van der Waals surface area contributed by atoms with Gasteiger partial charge in [0.15, 0.2) is 0 Å². The largest absolute Gasteiger partial charge is 0.357 e. The van der Waals surface area contributed by atoms with Gasteiger partial charge in [-0.15, -0.1) is 0 Å². The highest BCUT2D eigenvalue weighted by atomic mass is 15.2. The summed E-state index contributed by atoms with van der Waals surface area (Å²) >= 11 is 0. The van der Waals surface area contributed by atoms with Crippen molar-refractivity contribution in [2.24, 2.45) is 5.73 Å². The molecule has 0 radical (unpaired) electrons. The summed E-state index contributed by atoms with van der Waals surface area (Å²) in [7, 11) is 2.13. The predicted molar refractivity (Wildman–Crippen MR) is 59.4 cm³/mol. The number of nitrogens with zero attached hydrogens (tertiary/aromatic N) is 1. The Kier molecular flexibility index (Phi) is 2.77. The third-order valence-corrected chi connectivity index (χ3v) is 3.24. The van der Waals surface area contributed by atoms with Crippen molar-refractivity contribution in [1.82, 2.24) is 4.98 Å². The van der Waals surface area contributed by atoms with E-state index in [9.17, 15) is 0 Å². The first-order chi connectivity index (χ1) is 6.79. The minimum absolute atomic E-state index is 0.331. The molecular weight excluding hydrogens is 174 g/mol. The first-order valence-corrected chi connectivity index (χ1v) is 5.41. The first kappa shape index (κ1) is 9.59. The Bertz CT molecular complexity index is 268. The Hall–Kier alpha value is -0.960. The van der Waals surface area contributed by atoms with E-state index in [1.54, 1.807) is 0 Å². The van der Waals surface area contributed by atoms with Crippen LogP contribution >= 0.6 is 0 Å². The second-order valence-electron chi connectivity index (χ2n) is 4.18. The van der Waals surface area contributed by atoms with E-state index >= 15 is 0 Å². The van der Waals surface area contributed by atoms with E-state index in [2.05, 4.69) is 23.0 Å². The van der Waals surface area contributed by atoms with Gasteiger partial charge >= 0.3 is 0 Å². The van der Waals surface area contributed by atoms with Gasteiger partial charge in [-0.2, -0.15) is 0 Å². The fourth-order valence-corrected chi connectivity index (χ4v) is 2.34. The number of aromatic amines is 1. The SMILES string of the molecule is CN(c1ccc[nH]1)C1CCCCC1N. The lowest BCUT2D eigenvalue weighted by Crippen LogP contribution is -2.48. The molecule has 0 aromatic carbocycles. The standard InChI is InChI=1S/C11H19N3/c1-14(11-7-4-8-13-11)10-6-3-2-5-9(10)12/h4,7-10,13H,2-3,5-6,12H2,1H3. The maximum atomic E-state index is 6.13. The van der Waals surface area contributed by atoms with Crippen LogP contribution in [0, 0.1) is 0 Å². The molecule has 3 nitrogen and oxygen atoms in total. The highest BCUT2D eigenvalue weighted by Crippen LogP contribution is 2.24. The number of anilines is 1. The summed E-state index contributed by atoms with van der Waals surface area (Å²) in [6.45, 7) is 0. The normalized spacial score (nSPS) is 27.6. The van der Waals surface area contributed by atoms with Crippen LogP contribution < -0.4 is 10.6 Å². The number of likely N-dealkylation sites (N-methyl/N-ethyl adjacent to an activating group) is 1. The summed E-state index contributed by atoms with van der Waals surface area (Å²) in [5.74, 6) is 1.17. The van der Waals surface area contributed by atoms with Gasteiger partial charge in [0.25, 0.3) is 0 Å². The van der Waals surface area contributed by atoms with Crippen LogP contribution in [0.4, 0.5) is 5.82 Å². The number of hydrogen-bond acceptors (Lipinski definition) is 2. The third-order valence-electron chi connectivity index (χ3n) is 3.24. The van der Waals surface area contributed by atoms with E-state index in [0.717, 1.165) is 6.42 Å². The number of nitrogens with two attached hydrogens (primary N) is 1. The first-order valence-electron chi connectivity index (χ1n) is 5.41. The van der Waals surface area contributed by atoms with Crippen molar-refractivity contribution < 1.29 is 0 Å². The molecule has 1 aliphatic carbocycles. The van der Waals surface area contributed by atoms with E-state index in [1.165, 1.54) is 25.1 Å². The Morgan fingerprint density at radius 3 is 2.86 bits per heavy atom. The maximum Gasteiger partial charge on any atom is 0.105 e. The number of nitrogens with one attached hydrogen (secondary N) is 1. The summed E-state index contributed by atoms with van der Waals surface area (Å²) in [5.41, 5.74) is 6.13. The molecule has 1 fully saturated rings. The van der Waals surface area contributed by atoms with Crippen molar-refractivity contribution in [1.29, 1.82) is 0 Å². The zero-order valence-corrected chi connectivity index (χ0v) is 8.74. The molecule has 0 spiro atoms. The van der Waals surface area contributed by atoms with Gasteiger partial charge in [-0.1, -0.05) is 12.8 Å². The lowest BCUT2D eigenvalue weighted by molar-refractivity contribution is 0.372. The highest BCUT2D eigenvalue weighted by Gasteiger charge is 2.25. The molecule has 3 N–H and O–H groups in total. The lowest BCUT2D eigenvalue weighted by Gasteiger charge is -2.36. The zero-order chi connectivity index (χ0) is 9.97. The quantitative estimate of drug-likeness (QED) is 0.751. The monoisotopic (exact) mass is 193 g/mol. The molecule has 0 aliphatic heterocycles. The van der Waals surface area contributed by atoms with Gasteiger partial charge in [0, 0.05) is 25.3 Å². The van der Waals surface area contributed by atoms with Crippen LogP contribution in [-0.4, -0.2) is 24.1 Å². The predicted octanol–water partition coefficient (Wildman–Crippen LogP) is 1.72. The fraction of sp³-hybridized carbons (Fsp3) is 0.636. The molecule has 1 heterocycles. The number of aromatic nitrogens is 1. The van der Waals surface area contributed by atoms with Gasteiger partial charge in [-0.05, 0) is 25.0 Å². The van der Waals surface area contributed by atoms with Crippen LogP contribution in [-0.2, 0) is 0 Å². The molecule has 2 unspecified atom stereocenters. The molecular formula is C11H19N3. The summed E-state index contributed by atoms with van der Waals surface area (Å²) in [6.07, 6.45) is 6.94. The molecule has 2 atom stereocenters. The van der Waals surface area contributed by atoms with Crippen LogP contribution in [0.3, 0.4) is 0 Å². The van der Waals surface area contributed by atoms with Gasteiger partial charge in [0.2, 0.25) is 0 Å². The molecule has 3 heteroatoms. The lowest BCUT2D eigenvalue weighted by atomic mass is 9.90. The van der Waals surface area contributed by atoms with Crippen LogP contribution in [0.15, 0.2) is 18.3 Å². The molecule has 1 aromatic rings. The molecule has 0 bridgehead atoms. The van der Waals surface area contributed by atoms with Crippen molar-refractivity contribution >= 4 is 5.82 Å². The molecule has 0 saturated heterocycles. The van der Waals surface area contributed by atoms with Gasteiger partial charge in [-0.3, -0.25) is 0 Å². The van der Waals surface area contributed by atoms with E-state index in [-0.39, 0.29) is 0 Å². The molecule has 1 aliphatic rings. The Morgan fingerprint density at radius 1 is 1.43 bits per heavy atom. The summed E-state index contributed by atoms with van der Waals surface area (Å²) in [4.78, 5) is 5.51. The van der Waals surface area contributed by atoms with Crippen molar-refractivity contribution in [2.75, 3.05) is 11.9 Å². The van der Waals surface area contributed by atoms with Crippen molar-refractivity contribution in [3.05, 3.63) is 18.3 Å². The second kappa shape index (κ2) is 4.05. The van der Waals surface area contributed by atoms with E-state index in [1.807, 2.05) is 12.3 Å². The van der Waals surface area contributed by atoms with E-state index in [0.29, 0.717) is 12.1 Å². The van der Waals surface area contributed by atoms with Gasteiger partial charge in [-0.25, -0.2) is 0 Å². The summed E-state index contributed by atoms with van der Waals surface area (Å²) in [5, 5.41) is 0. The minimum atomic E-state index is 0.331. The number of hydrogen-bond donors (Lipinski definition) is 2. The molecule has 1 aromatic heterocycles. The average molecular weight is 193 g/mol. The van der Waals surface area contributed by atoms with Crippen LogP contribution in [0.25, 0.3) is 0 Å². The minimum Gasteiger partial charge on any atom is -0.357 e. The van der Waals surface area contributed by atoms with Crippen LogP contribution in [0.2, 0.25) is 0 Å². The third kappa shape index (κ3) is 1.77. The van der Waals surface area contributed by atoms with Crippen LogP contribution in [0.1, 0.15) is 25.7 Å². The van der Waals surface area contributed by atoms with E-state index < -0.39 is 0 Å². The number of rotatable bonds is 2. The van der Waals surface area contributed by atoms with Crippen molar-refractivity contribution in [2.45, 2.75) is 37.8 Å². The van der Waals surface area contributed by atoms with Crippen molar-refractivity contribution in [3.8, 4) is 0 Å². The Morgan fingerprint density at radius 2 is 2.21 bits per heavy atom. The van der Waals surface area contributed by atoms with Gasteiger partial charge in [0.1, 0.15) is 5.82 Å². The van der Waals surface area contributed by atoms with Gasteiger partial charge < -0.3 is 15.6 Å². The number of H-pyrrole nitrogens is 1. The fourth-order valence-electron chi connectivity index (χ4n) is 2.34. The molecule has 0 amide bonds. The topological polar surface area (TPSA) is 45.0 Å². The Labute approximate surface area is 85.3 Å². The van der Waals surface area contributed by atoms with Gasteiger partial charge in [0.05, 0.1) is 0 Å².